The van der Waals surface area contributed by atoms with Gasteiger partial charge in [0.15, 0.2) is 5.96 Å². The summed E-state index contributed by atoms with van der Waals surface area (Å²) in [6, 6.07) is 8.13. The summed E-state index contributed by atoms with van der Waals surface area (Å²) in [6.07, 6.45) is 3.52. The summed E-state index contributed by atoms with van der Waals surface area (Å²) in [5, 5.41) is 8.86. The normalized spacial score (nSPS) is 12.4. The Kier molecular flexibility index (Phi) is 7.34. The van der Waals surface area contributed by atoms with Crippen LogP contribution < -0.4 is 10.6 Å². The molecule has 0 unspecified atom stereocenters. The fourth-order valence-electron chi connectivity index (χ4n) is 2.03. The predicted molar refractivity (Wildman–Crippen MR) is 99.8 cm³/mol. The van der Waals surface area contributed by atoms with E-state index in [2.05, 4.69) is 33.1 Å². The maximum atomic E-state index is 5.44. The molecular formula is C18H27N3O2S. The smallest absolute Gasteiger partial charge is 0.191 e. The van der Waals surface area contributed by atoms with Crippen molar-refractivity contribution in [1.82, 2.24) is 10.6 Å². The minimum atomic E-state index is -0.274. The SMILES string of the molecule is COC(C)(C)CN=C(NCCc1ccco1)NCCc1cccs1. The topological polar surface area (TPSA) is 58.8 Å². The molecule has 24 heavy (non-hydrogen) atoms. The first-order valence-electron chi connectivity index (χ1n) is 8.21. The highest BCUT2D eigenvalue weighted by atomic mass is 32.1. The van der Waals surface area contributed by atoms with Crippen molar-refractivity contribution in [3.8, 4) is 0 Å². The van der Waals surface area contributed by atoms with E-state index in [1.54, 1.807) is 24.7 Å². The second-order valence-corrected chi connectivity index (χ2v) is 7.17. The summed E-state index contributed by atoms with van der Waals surface area (Å²) in [6.45, 7) is 6.27. The number of hydrogen-bond acceptors (Lipinski definition) is 4. The van der Waals surface area contributed by atoms with Crippen LogP contribution in [0.15, 0.2) is 45.3 Å². The Bertz CT molecular complexity index is 550. The van der Waals surface area contributed by atoms with E-state index in [9.17, 15) is 0 Å². The van der Waals surface area contributed by atoms with E-state index in [1.807, 2.05) is 26.0 Å². The highest BCUT2D eigenvalue weighted by Gasteiger charge is 2.15. The largest absolute Gasteiger partial charge is 0.469 e. The molecule has 0 amide bonds. The fourth-order valence-corrected chi connectivity index (χ4v) is 2.74. The van der Waals surface area contributed by atoms with Gasteiger partial charge in [0.25, 0.3) is 0 Å². The Labute approximate surface area is 148 Å². The van der Waals surface area contributed by atoms with Gasteiger partial charge in [0.2, 0.25) is 0 Å². The molecule has 2 N–H and O–H groups in total. The first-order chi connectivity index (χ1) is 11.6. The van der Waals surface area contributed by atoms with E-state index < -0.39 is 0 Å². The van der Waals surface area contributed by atoms with Crippen molar-refractivity contribution < 1.29 is 9.15 Å². The van der Waals surface area contributed by atoms with E-state index >= 15 is 0 Å². The van der Waals surface area contributed by atoms with Crippen LogP contribution in [-0.4, -0.2) is 38.3 Å². The van der Waals surface area contributed by atoms with Gasteiger partial charge >= 0.3 is 0 Å². The number of furan rings is 1. The van der Waals surface area contributed by atoms with Crippen molar-refractivity contribution in [2.45, 2.75) is 32.3 Å². The van der Waals surface area contributed by atoms with Crippen LogP contribution >= 0.6 is 11.3 Å². The second-order valence-electron chi connectivity index (χ2n) is 6.14. The third kappa shape index (κ3) is 6.76. The van der Waals surface area contributed by atoms with Gasteiger partial charge in [-0.25, -0.2) is 0 Å². The molecule has 5 nitrogen and oxygen atoms in total. The minimum Gasteiger partial charge on any atom is -0.469 e. The van der Waals surface area contributed by atoms with Crippen molar-refractivity contribution in [2.75, 3.05) is 26.7 Å². The van der Waals surface area contributed by atoms with E-state index in [0.717, 1.165) is 37.7 Å². The van der Waals surface area contributed by atoms with Crippen molar-refractivity contribution in [1.29, 1.82) is 0 Å². The van der Waals surface area contributed by atoms with Crippen LogP contribution in [0.5, 0.6) is 0 Å². The maximum Gasteiger partial charge on any atom is 0.191 e. The predicted octanol–water partition coefficient (Wildman–Crippen LogP) is 3.09. The standard InChI is InChI=1S/C18H27N3O2S/c1-18(2,22-3)14-21-17(19-10-8-15-6-4-12-23-15)20-11-9-16-7-5-13-24-16/h4-7,12-13H,8-11,14H2,1-3H3,(H2,19,20,21). The number of aliphatic imine (C=N–C) groups is 1. The third-order valence-corrected chi connectivity index (χ3v) is 4.59. The summed E-state index contributed by atoms with van der Waals surface area (Å²) in [5.41, 5.74) is -0.274. The summed E-state index contributed by atoms with van der Waals surface area (Å²) in [5.74, 6) is 1.78. The molecule has 0 bridgehead atoms. The summed E-state index contributed by atoms with van der Waals surface area (Å²) in [7, 11) is 1.71. The molecule has 0 aliphatic heterocycles. The lowest BCUT2D eigenvalue weighted by Gasteiger charge is -2.21. The lowest BCUT2D eigenvalue weighted by Crippen LogP contribution is -2.40. The first-order valence-corrected chi connectivity index (χ1v) is 9.09. The van der Waals surface area contributed by atoms with Crippen LogP contribution in [0.1, 0.15) is 24.5 Å². The van der Waals surface area contributed by atoms with Gasteiger partial charge in [-0.05, 0) is 43.8 Å². The zero-order valence-electron chi connectivity index (χ0n) is 14.7. The van der Waals surface area contributed by atoms with Gasteiger partial charge in [-0.2, -0.15) is 0 Å². The van der Waals surface area contributed by atoms with Gasteiger partial charge in [-0.15, -0.1) is 11.3 Å². The highest BCUT2D eigenvalue weighted by molar-refractivity contribution is 7.09. The van der Waals surface area contributed by atoms with Crippen LogP contribution in [0.25, 0.3) is 0 Å². The third-order valence-electron chi connectivity index (χ3n) is 3.66. The average molecular weight is 350 g/mol. The van der Waals surface area contributed by atoms with Crippen molar-refractivity contribution in [2.24, 2.45) is 4.99 Å². The molecule has 0 aliphatic rings. The Morgan fingerprint density at radius 2 is 2.00 bits per heavy atom. The molecule has 2 heterocycles. The first kappa shape index (κ1) is 18.5. The maximum absolute atomic E-state index is 5.44. The molecule has 2 aromatic heterocycles. The van der Waals surface area contributed by atoms with Gasteiger partial charge in [-0.1, -0.05) is 6.07 Å². The van der Waals surface area contributed by atoms with Gasteiger partial charge in [0.1, 0.15) is 5.76 Å². The number of rotatable bonds is 9. The molecule has 0 saturated carbocycles. The van der Waals surface area contributed by atoms with Gasteiger partial charge in [0, 0.05) is 31.5 Å². The number of nitrogens with one attached hydrogen (secondary N) is 2. The average Bonchev–Trinajstić information content (AvgIpc) is 3.26. The quantitative estimate of drug-likeness (QED) is 0.539. The molecule has 132 valence electrons. The van der Waals surface area contributed by atoms with Crippen molar-refractivity contribution >= 4 is 17.3 Å². The number of nitrogens with zero attached hydrogens (tertiary/aromatic N) is 1. The zero-order chi connectivity index (χ0) is 17.3. The van der Waals surface area contributed by atoms with Gasteiger partial charge < -0.3 is 19.8 Å². The van der Waals surface area contributed by atoms with E-state index in [-0.39, 0.29) is 5.60 Å². The van der Waals surface area contributed by atoms with E-state index in [4.69, 9.17) is 9.15 Å². The van der Waals surface area contributed by atoms with Gasteiger partial charge in [-0.3, -0.25) is 4.99 Å². The summed E-state index contributed by atoms with van der Waals surface area (Å²) >= 11 is 1.78. The Morgan fingerprint density at radius 1 is 1.21 bits per heavy atom. The molecule has 0 aromatic carbocycles. The lowest BCUT2D eigenvalue weighted by atomic mass is 10.1. The molecule has 0 atom stereocenters. The number of thiophene rings is 1. The van der Waals surface area contributed by atoms with E-state index in [0.29, 0.717) is 6.54 Å². The van der Waals surface area contributed by atoms with Crippen LogP contribution in [0, 0.1) is 0 Å². The molecule has 0 aliphatic carbocycles. The highest BCUT2D eigenvalue weighted by Crippen LogP contribution is 2.09. The minimum absolute atomic E-state index is 0.274. The molecule has 2 aromatic rings. The summed E-state index contributed by atoms with van der Waals surface area (Å²) < 4.78 is 10.8. The van der Waals surface area contributed by atoms with Crippen molar-refractivity contribution in [3.05, 3.63) is 46.5 Å². The molecular weight excluding hydrogens is 322 g/mol. The van der Waals surface area contributed by atoms with Crippen LogP contribution in [0.4, 0.5) is 0 Å². The fraction of sp³-hybridized carbons (Fsp3) is 0.500. The second kappa shape index (κ2) is 9.49. The zero-order valence-corrected chi connectivity index (χ0v) is 15.5. The molecule has 0 spiro atoms. The molecule has 2 rings (SSSR count). The monoisotopic (exact) mass is 349 g/mol. The molecule has 0 saturated heterocycles. The number of guanidine groups is 1. The number of hydrogen-bond donors (Lipinski definition) is 2. The van der Waals surface area contributed by atoms with Crippen LogP contribution in [0.2, 0.25) is 0 Å². The van der Waals surface area contributed by atoms with Crippen molar-refractivity contribution in [3.63, 3.8) is 0 Å². The molecule has 6 heteroatoms. The Hall–Kier alpha value is -1.79. The molecule has 0 radical (unpaired) electrons. The molecule has 0 fully saturated rings. The van der Waals surface area contributed by atoms with Gasteiger partial charge in [0.05, 0.1) is 18.4 Å². The Morgan fingerprint density at radius 3 is 2.62 bits per heavy atom. The van der Waals surface area contributed by atoms with Crippen LogP contribution in [-0.2, 0) is 17.6 Å². The van der Waals surface area contributed by atoms with E-state index in [1.165, 1.54) is 4.88 Å². The Balaban J connectivity index is 1.83. The van der Waals surface area contributed by atoms with Crippen LogP contribution in [0.3, 0.4) is 0 Å². The summed E-state index contributed by atoms with van der Waals surface area (Å²) in [4.78, 5) is 6.02. The number of methoxy groups -OCH3 is 1. The lowest BCUT2D eigenvalue weighted by molar-refractivity contribution is 0.0310. The number of ether oxygens (including phenoxy) is 1.